The third-order valence-electron chi connectivity index (χ3n) is 5.05. The Balaban J connectivity index is 1.57. The van der Waals surface area contributed by atoms with Crippen molar-refractivity contribution in [1.82, 2.24) is 10.2 Å². The van der Waals surface area contributed by atoms with Gasteiger partial charge in [0.15, 0.2) is 0 Å². The van der Waals surface area contributed by atoms with Gasteiger partial charge in [0, 0.05) is 25.2 Å². The van der Waals surface area contributed by atoms with Gasteiger partial charge in [-0.2, -0.15) is 0 Å². The Morgan fingerprint density at radius 1 is 1.05 bits per heavy atom. The average Bonchev–Trinajstić information content (AvgIpc) is 3.36. The zero-order valence-electron chi connectivity index (χ0n) is 13.5. The summed E-state index contributed by atoms with van der Waals surface area (Å²) >= 11 is 0. The highest BCUT2D eigenvalue weighted by Gasteiger charge is 2.21. The maximum atomic E-state index is 3.62. The molecule has 2 saturated carbocycles. The first-order chi connectivity index (χ1) is 10.3. The Labute approximate surface area is 129 Å². The van der Waals surface area contributed by atoms with Crippen molar-refractivity contribution in [2.75, 3.05) is 6.54 Å². The van der Waals surface area contributed by atoms with Crippen LogP contribution in [0.4, 0.5) is 0 Å². The van der Waals surface area contributed by atoms with E-state index in [1.807, 2.05) is 0 Å². The second kappa shape index (κ2) is 7.42. The van der Waals surface area contributed by atoms with Crippen molar-refractivity contribution in [3.05, 3.63) is 35.4 Å². The first-order valence-corrected chi connectivity index (χ1v) is 8.90. The molecule has 0 aromatic heterocycles. The monoisotopic (exact) mass is 286 g/mol. The molecule has 116 valence electrons. The number of nitrogens with zero attached hydrogens (tertiary/aromatic N) is 1. The number of benzene rings is 1. The molecule has 0 aliphatic heterocycles. The van der Waals surface area contributed by atoms with Crippen molar-refractivity contribution in [2.24, 2.45) is 0 Å². The quantitative estimate of drug-likeness (QED) is 0.812. The van der Waals surface area contributed by atoms with Gasteiger partial charge in [-0.1, -0.05) is 50.5 Å². The van der Waals surface area contributed by atoms with E-state index in [1.54, 1.807) is 0 Å². The van der Waals surface area contributed by atoms with Crippen molar-refractivity contribution in [1.29, 1.82) is 0 Å². The lowest BCUT2D eigenvalue weighted by atomic mass is 9.94. The normalized spacial score (nSPS) is 20.1. The SMILES string of the molecule is CCN(Cc1cccc(CNC2CC2)c1)C1CCCCC1. The molecule has 3 rings (SSSR count). The highest BCUT2D eigenvalue weighted by Crippen LogP contribution is 2.24. The van der Waals surface area contributed by atoms with Gasteiger partial charge in [-0.15, -0.1) is 0 Å². The van der Waals surface area contributed by atoms with E-state index in [-0.39, 0.29) is 0 Å². The van der Waals surface area contributed by atoms with E-state index >= 15 is 0 Å². The second-order valence-electron chi connectivity index (χ2n) is 6.83. The lowest BCUT2D eigenvalue weighted by Crippen LogP contribution is -2.36. The molecule has 2 aliphatic rings. The smallest absolute Gasteiger partial charge is 0.0236 e. The van der Waals surface area contributed by atoms with Gasteiger partial charge >= 0.3 is 0 Å². The summed E-state index contributed by atoms with van der Waals surface area (Å²) in [5.41, 5.74) is 2.93. The van der Waals surface area contributed by atoms with Crippen molar-refractivity contribution in [2.45, 2.75) is 77.0 Å². The fourth-order valence-electron chi connectivity index (χ4n) is 3.57. The molecule has 0 spiro atoms. The van der Waals surface area contributed by atoms with E-state index in [0.717, 1.165) is 25.2 Å². The van der Waals surface area contributed by atoms with Crippen LogP contribution < -0.4 is 5.32 Å². The molecule has 2 nitrogen and oxygen atoms in total. The number of rotatable bonds is 7. The summed E-state index contributed by atoms with van der Waals surface area (Å²) in [5, 5.41) is 3.62. The van der Waals surface area contributed by atoms with Gasteiger partial charge < -0.3 is 5.32 Å². The first kappa shape index (κ1) is 15.1. The lowest BCUT2D eigenvalue weighted by molar-refractivity contribution is 0.156. The van der Waals surface area contributed by atoms with Gasteiger partial charge in [-0.05, 0) is 43.4 Å². The molecule has 0 bridgehead atoms. The van der Waals surface area contributed by atoms with Gasteiger partial charge in [0.2, 0.25) is 0 Å². The lowest BCUT2D eigenvalue weighted by Gasteiger charge is -2.33. The summed E-state index contributed by atoms with van der Waals surface area (Å²) in [6.45, 7) is 5.65. The summed E-state index contributed by atoms with van der Waals surface area (Å²) in [4.78, 5) is 2.69. The fourth-order valence-corrected chi connectivity index (χ4v) is 3.57. The van der Waals surface area contributed by atoms with Crippen LogP contribution in [0.15, 0.2) is 24.3 Å². The molecule has 2 fully saturated rings. The van der Waals surface area contributed by atoms with E-state index in [9.17, 15) is 0 Å². The van der Waals surface area contributed by atoms with E-state index in [0.29, 0.717) is 0 Å². The molecule has 21 heavy (non-hydrogen) atoms. The molecule has 1 aromatic carbocycles. The molecule has 0 amide bonds. The van der Waals surface area contributed by atoms with Crippen LogP contribution in [-0.4, -0.2) is 23.5 Å². The average molecular weight is 286 g/mol. The van der Waals surface area contributed by atoms with Crippen molar-refractivity contribution in [3.8, 4) is 0 Å². The van der Waals surface area contributed by atoms with Crippen LogP contribution in [-0.2, 0) is 13.1 Å². The minimum atomic E-state index is 0.794. The summed E-state index contributed by atoms with van der Waals surface area (Å²) in [6.07, 6.45) is 9.82. The highest BCUT2D eigenvalue weighted by molar-refractivity contribution is 5.23. The van der Waals surface area contributed by atoms with E-state index in [4.69, 9.17) is 0 Å². The topological polar surface area (TPSA) is 15.3 Å². The van der Waals surface area contributed by atoms with Gasteiger partial charge in [-0.3, -0.25) is 4.90 Å². The summed E-state index contributed by atoms with van der Waals surface area (Å²) in [7, 11) is 0. The zero-order valence-corrected chi connectivity index (χ0v) is 13.5. The maximum Gasteiger partial charge on any atom is 0.0236 e. The predicted octanol–water partition coefficient (Wildman–Crippen LogP) is 4.09. The Bertz CT molecular complexity index is 433. The fraction of sp³-hybridized carbons (Fsp3) is 0.684. The van der Waals surface area contributed by atoms with E-state index in [1.165, 1.54) is 62.6 Å². The van der Waals surface area contributed by atoms with E-state index < -0.39 is 0 Å². The van der Waals surface area contributed by atoms with Crippen LogP contribution in [0.2, 0.25) is 0 Å². The van der Waals surface area contributed by atoms with Crippen molar-refractivity contribution in [3.63, 3.8) is 0 Å². The molecule has 0 saturated heterocycles. The van der Waals surface area contributed by atoms with Gasteiger partial charge in [0.05, 0.1) is 0 Å². The molecule has 2 heteroatoms. The molecule has 2 aliphatic carbocycles. The number of nitrogens with one attached hydrogen (secondary N) is 1. The van der Waals surface area contributed by atoms with Crippen LogP contribution in [0.25, 0.3) is 0 Å². The maximum absolute atomic E-state index is 3.62. The van der Waals surface area contributed by atoms with Crippen LogP contribution >= 0.6 is 0 Å². The number of hydrogen-bond donors (Lipinski definition) is 1. The molecule has 0 heterocycles. The molecule has 0 radical (unpaired) electrons. The third-order valence-corrected chi connectivity index (χ3v) is 5.05. The molecule has 1 N–H and O–H groups in total. The standard InChI is InChI=1S/C19H30N2/c1-2-21(19-9-4-3-5-10-19)15-17-8-6-7-16(13-17)14-20-18-11-12-18/h6-8,13,18-20H,2-5,9-12,14-15H2,1H3. The van der Waals surface area contributed by atoms with Crippen LogP contribution in [0.1, 0.15) is 63.0 Å². The largest absolute Gasteiger partial charge is 0.310 e. The van der Waals surface area contributed by atoms with Crippen LogP contribution in [0.5, 0.6) is 0 Å². The molecular formula is C19H30N2. The predicted molar refractivity (Wildman–Crippen MR) is 89.3 cm³/mol. The Morgan fingerprint density at radius 2 is 1.81 bits per heavy atom. The van der Waals surface area contributed by atoms with Gasteiger partial charge in [-0.25, -0.2) is 0 Å². The van der Waals surface area contributed by atoms with E-state index in [2.05, 4.69) is 41.4 Å². The minimum Gasteiger partial charge on any atom is -0.310 e. The third kappa shape index (κ3) is 4.55. The number of hydrogen-bond acceptors (Lipinski definition) is 2. The Morgan fingerprint density at radius 3 is 2.52 bits per heavy atom. The van der Waals surface area contributed by atoms with Gasteiger partial charge in [0.1, 0.15) is 0 Å². The summed E-state index contributed by atoms with van der Waals surface area (Å²) in [6, 6.07) is 10.8. The van der Waals surface area contributed by atoms with Crippen LogP contribution in [0, 0.1) is 0 Å². The van der Waals surface area contributed by atoms with Crippen molar-refractivity contribution >= 4 is 0 Å². The van der Waals surface area contributed by atoms with Crippen molar-refractivity contribution < 1.29 is 0 Å². The Hall–Kier alpha value is -0.860. The summed E-state index contributed by atoms with van der Waals surface area (Å²) in [5.74, 6) is 0. The highest BCUT2D eigenvalue weighted by atomic mass is 15.1. The summed E-state index contributed by atoms with van der Waals surface area (Å²) < 4.78 is 0. The van der Waals surface area contributed by atoms with Gasteiger partial charge in [0.25, 0.3) is 0 Å². The second-order valence-corrected chi connectivity index (χ2v) is 6.83. The molecule has 1 aromatic rings. The minimum absolute atomic E-state index is 0.794. The van der Waals surface area contributed by atoms with Crippen LogP contribution in [0.3, 0.4) is 0 Å². The molecular weight excluding hydrogens is 256 g/mol. The Kier molecular flexibility index (Phi) is 5.32. The first-order valence-electron chi connectivity index (χ1n) is 8.90. The molecule has 0 unspecified atom stereocenters. The zero-order chi connectivity index (χ0) is 14.5. The molecule has 0 atom stereocenters.